The molecule has 1 saturated heterocycles. The minimum atomic E-state index is 0.418. The third kappa shape index (κ3) is 1.90. The molecule has 64 valence electrons. The van der Waals surface area contributed by atoms with Gasteiger partial charge in [0.05, 0.1) is 5.75 Å². The normalized spacial score (nSPS) is 23.3. The van der Waals surface area contributed by atoms with Gasteiger partial charge in [0.2, 0.25) is 0 Å². The van der Waals surface area contributed by atoms with Crippen LogP contribution >= 0.6 is 23.1 Å². The van der Waals surface area contributed by atoms with Crippen LogP contribution in [0.15, 0.2) is 17.5 Å². The second-order valence-corrected chi connectivity index (χ2v) is 5.28. The van der Waals surface area contributed by atoms with Crippen molar-refractivity contribution in [3.05, 3.63) is 22.4 Å². The second kappa shape index (κ2) is 3.62. The van der Waals surface area contributed by atoms with Crippen molar-refractivity contribution in [2.75, 3.05) is 5.75 Å². The molecular formula is C9H10OS2. The highest BCUT2D eigenvalue weighted by atomic mass is 32.2. The lowest BCUT2D eigenvalue weighted by molar-refractivity contribution is -0.116. The Labute approximate surface area is 80.2 Å². The highest BCUT2D eigenvalue weighted by Crippen LogP contribution is 2.28. The van der Waals surface area contributed by atoms with Gasteiger partial charge in [-0.25, -0.2) is 0 Å². The number of rotatable bonds is 2. The second-order valence-electron chi connectivity index (χ2n) is 2.96. The van der Waals surface area contributed by atoms with Crippen LogP contribution in [0, 0.1) is 0 Å². The van der Waals surface area contributed by atoms with Crippen molar-refractivity contribution in [1.82, 2.24) is 0 Å². The first kappa shape index (κ1) is 8.32. The van der Waals surface area contributed by atoms with Gasteiger partial charge in [0.1, 0.15) is 5.78 Å². The first-order valence-corrected chi connectivity index (χ1v) is 5.93. The molecule has 0 radical (unpaired) electrons. The summed E-state index contributed by atoms with van der Waals surface area (Å²) < 4.78 is 0. The molecule has 2 rings (SSSR count). The number of carbonyl (C=O) groups excluding carboxylic acids is 1. The van der Waals surface area contributed by atoms with Gasteiger partial charge in [-0.15, -0.1) is 23.1 Å². The Hall–Kier alpha value is -0.280. The summed E-state index contributed by atoms with van der Waals surface area (Å²) in [6.07, 6.45) is 1.86. The van der Waals surface area contributed by atoms with Crippen LogP contribution in [-0.4, -0.2) is 16.8 Å². The maximum absolute atomic E-state index is 11.0. The Bertz CT molecular complexity index is 266. The fraction of sp³-hybridized carbons (Fsp3) is 0.444. The van der Waals surface area contributed by atoms with Crippen LogP contribution in [0.5, 0.6) is 0 Å². The lowest BCUT2D eigenvalue weighted by Crippen LogP contribution is -2.02. The van der Waals surface area contributed by atoms with E-state index >= 15 is 0 Å². The molecule has 0 saturated carbocycles. The van der Waals surface area contributed by atoms with E-state index in [9.17, 15) is 4.79 Å². The van der Waals surface area contributed by atoms with Crippen molar-refractivity contribution in [2.24, 2.45) is 0 Å². The van der Waals surface area contributed by atoms with Gasteiger partial charge in [-0.3, -0.25) is 4.79 Å². The highest BCUT2D eigenvalue weighted by molar-refractivity contribution is 8.01. The summed E-state index contributed by atoms with van der Waals surface area (Å²) in [5.41, 5.74) is 0. The van der Waals surface area contributed by atoms with Gasteiger partial charge in [-0.1, -0.05) is 6.07 Å². The molecule has 1 unspecified atom stereocenters. The van der Waals surface area contributed by atoms with Gasteiger partial charge >= 0.3 is 0 Å². The van der Waals surface area contributed by atoms with Crippen LogP contribution < -0.4 is 0 Å². The van der Waals surface area contributed by atoms with Crippen molar-refractivity contribution in [2.45, 2.75) is 18.1 Å². The molecule has 3 heteroatoms. The largest absolute Gasteiger partial charge is 0.299 e. The number of carbonyl (C=O) groups is 1. The molecule has 0 bridgehead atoms. The molecule has 1 aromatic rings. The zero-order valence-electron chi connectivity index (χ0n) is 6.66. The molecule has 1 atom stereocenters. The van der Waals surface area contributed by atoms with Gasteiger partial charge in [-0.05, 0) is 17.9 Å². The predicted octanol–water partition coefficient (Wildman–Crippen LogP) is 2.37. The highest BCUT2D eigenvalue weighted by Gasteiger charge is 2.22. The fourth-order valence-corrected chi connectivity index (χ4v) is 3.40. The van der Waals surface area contributed by atoms with E-state index in [1.807, 2.05) is 0 Å². The lowest BCUT2D eigenvalue weighted by atomic mass is 10.2. The Morgan fingerprint density at radius 3 is 3.08 bits per heavy atom. The number of hydrogen-bond acceptors (Lipinski definition) is 3. The van der Waals surface area contributed by atoms with E-state index in [-0.39, 0.29) is 0 Å². The standard InChI is InChI=1S/C9H10OS2/c10-7-4-9(12-6-7)5-8-2-1-3-11-8/h1-3,9H,4-6H2. The molecule has 12 heavy (non-hydrogen) atoms. The first-order valence-electron chi connectivity index (χ1n) is 4.00. The summed E-state index contributed by atoms with van der Waals surface area (Å²) >= 11 is 3.59. The van der Waals surface area contributed by atoms with Crippen molar-refractivity contribution in [3.8, 4) is 0 Å². The summed E-state index contributed by atoms with van der Waals surface area (Å²) in [4.78, 5) is 12.4. The monoisotopic (exact) mass is 198 g/mol. The molecule has 1 nitrogen and oxygen atoms in total. The summed E-state index contributed by atoms with van der Waals surface area (Å²) in [6, 6.07) is 4.22. The third-order valence-corrected chi connectivity index (χ3v) is 4.14. The predicted molar refractivity (Wildman–Crippen MR) is 53.9 cm³/mol. The van der Waals surface area contributed by atoms with Gasteiger partial charge in [0, 0.05) is 16.5 Å². The molecule has 2 heterocycles. The number of hydrogen-bond donors (Lipinski definition) is 0. The molecule has 0 amide bonds. The fourth-order valence-electron chi connectivity index (χ4n) is 1.37. The van der Waals surface area contributed by atoms with Crippen molar-refractivity contribution in [3.63, 3.8) is 0 Å². The molecule has 0 spiro atoms. The maximum Gasteiger partial charge on any atom is 0.143 e. The zero-order chi connectivity index (χ0) is 8.39. The van der Waals surface area contributed by atoms with E-state index in [1.54, 1.807) is 23.1 Å². The van der Waals surface area contributed by atoms with Gasteiger partial charge in [0.25, 0.3) is 0 Å². The summed E-state index contributed by atoms with van der Waals surface area (Å²) in [5.74, 6) is 1.15. The summed E-state index contributed by atoms with van der Waals surface area (Å²) in [7, 11) is 0. The quantitative estimate of drug-likeness (QED) is 0.725. The van der Waals surface area contributed by atoms with Crippen LogP contribution in [0.1, 0.15) is 11.3 Å². The molecule has 1 aromatic heterocycles. The maximum atomic E-state index is 11.0. The van der Waals surface area contributed by atoms with Crippen molar-refractivity contribution < 1.29 is 4.79 Å². The Balaban J connectivity index is 1.92. The average Bonchev–Trinajstić information content (AvgIpc) is 2.63. The lowest BCUT2D eigenvalue weighted by Gasteiger charge is -2.03. The van der Waals surface area contributed by atoms with Crippen LogP contribution in [0.2, 0.25) is 0 Å². The van der Waals surface area contributed by atoms with Gasteiger partial charge < -0.3 is 0 Å². The first-order chi connectivity index (χ1) is 5.84. The zero-order valence-corrected chi connectivity index (χ0v) is 8.29. The molecular weight excluding hydrogens is 188 g/mol. The molecule has 0 N–H and O–H groups in total. The van der Waals surface area contributed by atoms with Crippen molar-refractivity contribution >= 4 is 28.9 Å². The van der Waals surface area contributed by atoms with Crippen molar-refractivity contribution in [1.29, 1.82) is 0 Å². The Kier molecular flexibility index (Phi) is 2.51. The summed E-state index contributed by atoms with van der Waals surface area (Å²) in [5, 5.41) is 2.65. The summed E-state index contributed by atoms with van der Waals surface area (Å²) in [6.45, 7) is 0. The van der Waals surface area contributed by atoms with E-state index in [4.69, 9.17) is 0 Å². The number of ketones is 1. The van der Waals surface area contributed by atoms with E-state index in [0.717, 1.165) is 18.6 Å². The van der Waals surface area contributed by atoms with Crippen LogP contribution in [0.25, 0.3) is 0 Å². The van der Waals surface area contributed by atoms with Crippen LogP contribution in [-0.2, 0) is 11.2 Å². The Morgan fingerprint density at radius 2 is 2.50 bits per heavy atom. The van der Waals surface area contributed by atoms with Crippen LogP contribution in [0.4, 0.5) is 0 Å². The number of Topliss-reactive ketones (excluding diaryl/α,β-unsaturated/α-hetero) is 1. The van der Waals surface area contributed by atoms with Crippen LogP contribution in [0.3, 0.4) is 0 Å². The third-order valence-electron chi connectivity index (χ3n) is 1.94. The van der Waals surface area contributed by atoms with E-state index in [1.165, 1.54) is 4.88 Å². The number of thiophene rings is 1. The Morgan fingerprint density at radius 1 is 1.58 bits per heavy atom. The molecule has 1 aliphatic rings. The molecule has 0 aromatic carbocycles. The van der Waals surface area contributed by atoms with Gasteiger partial charge in [0.15, 0.2) is 0 Å². The number of thioether (sulfide) groups is 1. The van der Waals surface area contributed by atoms with E-state index in [0.29, 0.717) is 11.0 Å². The minimum absolute atomic E-state index is 0.418. The topological polar surface area (TPSA) is 17.1 Å². The smallest absolute Gasteiger partial charge is 0.143 e. The SMILES string of the molecule is O=C1CSC(Cc2cccs2)C1. The minimum Gasteiger partial charge on any atom is -0.299 e. The van der Waals surface area contributed by atoms with E-state index < -0.39 is 0 Å². The molecule has 0 aliphatic carbocycles. The van der Waals surface area contributed by atoms with Gasteiger partial charge in [-0.2, -0.15) is 0 Å². The molecule has 1 aliphatic heterocycles. The average molecular weight is 198 g/mol. The van der Waals surface area contributed by atoms with E-state index in [2.05, 4.69) is 17.5 Å². The molecule has 1 fully saturated rings.